The zero-order valence-corrected chi connectivity index (χ0v) is 10.5. The minimum absolute atomic E-state index is 0.0813. The highest BCUT2D eigenvalue weighted by Crippen LogP contribution is 2.23. The number of aromatic hydroxyl groups is 1. The Labute approximate surface area is 110 Å². The SMILES string of the molecule is Cc1ccc(/C(=N\O)c2ccc(Cl)cc2)c(O)c1. The average molecular weight is 262 g/mol. The first kappa shape index (κ1) is 12.5. The first-order valence-electron chi connectivity index (χ1n) is 5.40. The van der Waals surface area contributed by atoms with Gasteiger partial charge in [0.05, 0.1) is 0 Å². The summed E-state index contributed by atoms with van der Waals surface area (Å²) in [5, 5.41) is 22.9. The molecule has 3 nitrogen and oxygen atoms in total. The lowest BCUT2D eigenvalue weighted by molar-refractivity contribution is 0.319. The van der Waals surface area contributed by atoms with E-state index in [0.29, 0.717) is 21.9 Å². The summed E-state index contributed by atoms with van der Waals surface area (Å²) in [7, 11) is 0. The van der Waals surface area contributed by atoms with Crippen LogP contribution in [0.5, 0.6) is 5.75 Å². The van der Waals surface area contributed by atoms with E-state index in [4.69, 9.17) is 16.8 Å². The lowest BCUT2D eigenvalue weighted by atomic mass is 10.0. The summed E-state index contributed by atoms with van der Waals surface area (Å²) in [6, 6.07) is 12.1. The average Bonchev–Trinajstić information content (AvgIpc) is 2.35. The molecule has 0 radical (unpaired) electrons. The van der Waals surface area contributed by atoms with Crippen molar-refractivity contribution in [3.63, 3.8) is 0 Å². The summed E-state index contributed by atoms with van der Waals surface area (Å²) in [4.78, 5) is 0. The van der Waals surface area contributed by atoms with E-state index in [1.54, 1.807) is 36.4 Å². The molecule has 0 fully saturated rings. The summed E-state index contributed by atoms with van der Waals surface area (Å²) < 4.78 is 0. The number of nitrogens with zero attached hydrogens (tertiary/aromatic N) is 1. The Hall–Kier alpha value is -2.00. The number of phenolic OH excluding ortho intramolecular Hbond substituents is 1. The third kappa shape index (κ3) is 2.46. The standard InChI is InChI=1S/C14H12ClNO2/c1-9-2-7-12(13(17)8-9)14(16-18)10-3-5-11(15)6-4-10/h2-8,17-18H,1H3/b16-14-. The molecule has 0 amide bonds. The van der Waals surface area contributed by atoms with Gasteiger partial charge < -0.3 is 10.3 Å². The molecule has 4 heteroatoms. The Balaban J connectivity index is 2.49. The van der Waals surface area contributed by atoms with Crippen LogP contribution in [-0.4, -0.2) is 16.0 Å². The fraction of sp³-hybridized carbons (Fsp3) is 0.0714. The maximum atomic E-state index is 9.89. The minimum atomic E-state index is 0.0813. The van der Waals surface area contributed by atoms with E-state index in [9.17, 15) is 5.11 Å². The molecule has 0 aliphatic heterocycles. The van der Waals surface area contributed by atoms with E-state index in [2.05, 4.69) is 5.16 Å². The Morgan fingerprint density at radius 2 is 1.78 bits per heavy atom. The molecule has 0 aliphatic rings. The van der Waals surface area contributed by atoms with Gasteiger partial charge in [0.25, 0.3) is 0 Å². The van der Waals surface area contributed by atoms with Crippen molar-refractivity contribution in [2.75, 3.05) is 0 Å². The largest absolute Gasteiger partial charge is 0.507 e. The smallest absolute Gasteiger partial charge is 0.125 e. The van der Waals surface area contributed by atoms with Crippen molar-refractivity contribution in [3.05, 3.63) is 64.2 Å². The normalized spacial score (nSPS) is 11.6. The van der Waals surface area contributed by atoms with E-state index in [1.165, 1.54) is 0 Å². The second-order valence-corrected chi connectivity index (χ2v) is 4.41. The summed E-state index contributed by atoms with van der Waals surface area (Å²) in [5.74, 6) is 0.0813. The molecule has 18 heavy (non-hydrogen) atoms. The third-order valence-corrected chi connectivity index (χ3v) is 2.88. The summed E-state index contributed by atoms with van der Waals surface area (Å²) in [5.41, 5.74) is 2.40. The zero-order chi connectivity index (χ0) is 13.1. The number of halogens is 1. The Morgan fingerprint density at radius 3 is 2.33 bits per heavy atom. The highest BCUT2D eigenvalue weighted by Gasteiger charge is 2.12. The number of rotatable bonds is 2. The second-order valence-electron chi connectivity index (χ2n) is 3.98. The van der Waals surface area contributed by atoms with Gasteiger partial charge in [-0.15, -0.1) is 0 Å². The van der Waals surface area contributed by atoms with Crippen LogP contribution in [0.4, 0.5) is 0 Å². The summed E-state index contributed by atoms with van der Waals surface area (Å²) in [6.07, 6.45) is 0. The van der Waals surface area contributed by atoms with E-state index < -0.39 is 0 Å². The molecule has 0 atom stereocenters. The van der Waals surface area contributed by atoms with Crippen LogP contribution in [0.1, 0.15) is 16.7 Å². The quantitative estimate of drug-likeness (QED) is 0.493. The second kappa shape index (κ2) is 5.10. The molecule has 0 spiro atoms. The number of benzene rings is 2. The van der Waals surface area contributed by atoms with Crippen molar-refractivity contribution in [3.8, 4) is 5.75 Å². The van der Waals surface area contributed by atoms with Crippen molar-refractivity contribution >= 4 is 17.3 Å². The van der Waals surface area contributed by atoms with Crippen molar-refractivity contribution in [2.24, 2.45) is 5.16 Å². The fourth-order valence-corrected chi connectivity index (χ4v) is 1.84. The van der Waals surface area contributed by atoms with Crippen LogP contribution >= 0.6 is 11.6 Å². The van der Waals surface area contributed by atoms with Crippen LogP contribution in [0.15, 0.2) is 47.6 Å². The summed E-state index contributed by atoms with van der Waals surface area (Å²) >= 11 is 5.81. The van der Waals surface area contributed by atoms with Crippen molar-refractivity contribution in [2.45, 2.75) is 6.92 Å². The van der Waals surface area contributed by atoms with Crippen molar-refractivity contribution in [1.29, 1.82) is 0 Å². The predicted molar refractivity (Wildman–Crippen MR) is 71.7 cm³/mol. The van der Waals surface area contributed by atoms with Gasteiger partial charge in [0.2, 0.25) is 0 Å². The van der Waals surface area contributed by atoms with E-state index in [0.717, 1.165) is 5.56 Å². The van der Waals surface area contributed by atoms with Gasteiger partial charge in [-0.2, -0.15) is 0 Å². The van der Waals surface area contributed by atoms with Gasteiger partial charge in [-0.3, -0.25) is 0 Å². The zero-order valence-electron chi connectivity index (χ0n) is 9.76. The first-order valence-corrected chi connectivity index (χ1v) is 5.77. The molecule has 2 N–H and O–H groups in total. The summed E-state index contributed by atoms with van der Waals surface area (Å²) in [6.45, 7) is 1.88. The van der Waals surface area contributed by atoms with Gasteiger partial charge in [0.15, 0.2) is 0 Å². The first-order chi connectivity index (χ1) is 8.61. The number of aryl methyl sites for hydroxylation is 1. The molecule has 2 aromatic carbocycles. The number of hydrogen-bond donors (Lipinski definition) is 2. The topological polar surface area (TPSA) is 52.8 Å². The number of oxime groups is 1. The molecule has 2 rings (SSSR count). The van der Waals surface area contributed by atoms with Crippen LogP contribution in [0.3, 0.4) is 0 Å². The number of hydrogen-bond acceptors (Lipinski definition) is 3. The highest BCUT2D eigenvalue weighted by atomic mass is 35.5. The molecule has 0 saturated carbocycles. The van der Waals surface area contributed by atoms with Gasteiger partial charge in [0, 0.05) is 16.1 Å². The van der Waals surface area contributed by atoms with Crippen molar-refractivity contribution in [1.82, 2.24) is 0 Å². The monoisotopic (exact) mass is 261 g/mol. The van der Waals surface area contributed by atoms with E-state index >= 15 is 0 Å². The molecule has 0 aromatic heterocycles. The molecule has 2 aromatic rings. The van der Waals surface area contributed by atoms with Gasteiger partial charge in [-0.1, -0.05) is 35.0 Å². The van der Waals surface area contributed by atoms with Gasteiger partial charge in [-0.25, -0.2) is 0 Å². The van der Waals surface area contributed by atoms with Crippen LogP contribution in [-0.2, 0) is 0 Å². The molecule has 92 valence electrons. The van der Waals surface area contributed by atoms with Crippen LogP contribution in [0.2, 0.25) is 5.02 Å². The maximum absolute atomic E-state index is 9.89. The molecular formula is C14H12ClNO2. The molecule has 0 unspecified atom stereocenters. The molecule has 0 bridgehead atoms. The maximum Gasteiger partial charge on any atom is 0.125 e. The molecule has 0 saturated heterocycles. The lowest BCUT2D eigenvalue weighted by Crippen LogP contribution is -2.03. The molecule has 0 heterocycles. The van der Waals surface area contributed by atoms with Crippen LogP contribution in [0.25, 0.3) is 0 Å². The molecular weight excluding hydrogens is 250 g/mol. The van der Waals surface area contributed by atoms with E-state index in [1.807, 2.05) is 13.0 Å². The van der Waals surface area contributed by atoms with Gasteiger partial charge >= 0.3 is 0 Å². The van der Waals surface area contributed by atoms with Gasteiger partial charge in [0.1, 0.15) is 11.5 Å². The van der Waals surface area contributed by atoms with Crippen LogP contribution in [0, 0.1) is 6.92 Å². The highest BCUT2D eigenvalue weighted by molar-refractivity contribution is 6.30. The van der Waals surface area contributed by atoms with Crippen LogP contribution < -0.4 is 0 Å². The molecule has 0 aliphatic carbocycles. The fourth-order valence-electron chi connectivity index (χ4n) is 1.72. The number of phenols is 1. The Kier molecular flexibility index (Phi) is 3.53. The van der Waals surface area contributed by atoms with E-state index in [-0.39, 0.29) is 5.75 Å². The van der Waals surface area contributed by atoms with Crippen molar-refractivity contribution < 1.29 is 10.3 Å². The Bertz CT molecular complexity index is 591. The predicted octanol–water partition coefficient (Wildman–Crippen LogP) is 3.58. The minimum Gasteiger partial charge on any atom is -0.507 e. The van der Waals surface area contributed by atoms with Gasteiger partial charge in [-0.05, 0) is 36.8 Å². The third-order valence-electron chi connectivity index (χ3n) is 2.63. The Morgan fingerprint density at radius 1 is 1.11 bits per heavy atom. The lowest BCUT2D eigenvalue weighted by Gasteiger charge is -2.08.